The average molecular weight is 345 g/mol. The number of carbonyl (C=O) groups is 1. The summed E-state index contributed by atoms with van der Waals surface area (Å²) in [5, 5.41) is 8.18. The van der Waals surface area contributed by atoms with Crippen molar-refractivity contribution in [3.05, 3.63) is 77.3 Å². The second kappa shape index (κ2) is 6.19. The molecule has 2 aromatic heterocycles. The van der Waals surface area contributed by atoms with Crippen LogP contribution >= 0.6 is 0 Å². The predicted octanol–water partition coefficient (Wildman–Crippen LogP) is 4.80. The molecule has 0 aliphatic carbocycles. The average Bonchev–Trinajstić information content (AvgIpc) is 3.25. The van der Waals surface area contributed by atoms with Crippen molar-refractivity contribution < 1.29 is 9.21 Å². The van der Waals surface area contributed by atoms with Gasteiger partial charge in [-0.05, 0) is 56.2 Å². The van der Waals surface area contributed by atoms with Gasteiger partial charge in [0, 0.05) is 23.3 Å². The van der Waals surface area contributed by atoms with Crippen LogP contribution in [0.5, 0.6) is 0 Å². The zero-order valence-corrected chi connectivity index (χ0v) is 14.9. The SMILES string of the molecule is Cc1cc(C)c2oc(C(=O)Nc3ccccc3-n3cccn3)c(C)c2c1. The van der Waals surface area contributed by atoms with Crippen LogP contribution in [-0.2, 0) is 0 Å². The van der Waals surface area contributed by atoms with Gasteiger partial charge in [-0.15, -0.1) is 0 Å². The zero-order valence-electron chi connectivity index (χ0n) is 14.9. The summed E-state index contributed by atoms with van der Waals surface area (Å²) in [5.41, 5.74) is 5.26. The molecule has 130 valence electrons. The number of para-hydroxylation sites is 2. The van der Waals surface area contributed by atoms with Crippen LogP contribution in [0, 0.1) is 20.8 Å². The largest absolute Gasteiger partial charge is 0.450 e. The molecule has 5 heteroatoms. The van der Waals surface area contributed by atoms with Crippen molar-refractivity contribution in [1.29, 1.82) is 0 Å². The number of hydrogen-bond acceptors (Lipinski definition) is 3. The van der Waals surface area contributed by atoms with E-state index < -0.39 is 0 Å². The van der Waals surface area contributed by atoms with Gasteiger partial charge in [0.1, 0.15) is 5.58 Å². The van der Waals surface area contributed by atoms with Crippen LogP contribution in [0.3, 0.4) is 0 Å². The first-order valence-corrected chi connectivity index (χ1v) is 8.45. The van der Waals surface area contributed by atoms with E-state index in [1.54, 1.807) is 10.9 Å². The fourth-order valence-electron chi connectivity index (χ4n) is 3.26. The first-order chi connectivity index (χ1) is 12.5. The fourth-order valence-corrected chi connectivity index (χ4v) is 3.26. The fraction of sp³-hybridized carbons (Fsp3) is 0.143. The van der Waals surface area contributed by atoms with Crippen molar-refractivity contribution in [2.75, 3.05) is 5.32 Å². The number of hydrogen-bond donors (Lipinski definition) is 1. The third kappa shape index (κ3) is 2.67. The Morgan fingerprint density at radius 1 is 1.12 bits per heavy atom. The van der Waals surface area contributed by atoms with Gasteiger partial charge in [0.2, 0.25) is 0 Å². The number of nitrogens with zero attached hydrogens (tertiary/aromatic N) is 2. The number of rotatable bonds is 3. The third-order valence-electron chi connectivity index (χ3n) is 4.48. The summed E-state index contributed by atoms with van der Waals surface area (Å²) in [6, 6.07) is 13.5. The van der Waals surface area contributed by atoms with E-state index in [1.165, 1.54) is 0 Å². The molecule has 4 rings (SSSR count). The summed E-state index contributed by atoms with van der Waals surface area (Å²) in [6.45, 7) is 5.95. The summed E-state index contributed by atoms with van der Waals surface area (Å²) in [4.78, 5) is 12.9. The quantitative estimate of drug-likeness (QED) is 0.580. The third-order valence-corrected chi connectivity index (χ3v) is 4.48. The molecule has 0 spiro atoms. The van der Waals surface area contributed by atoms with E-state index >= 15 is 0 Å². The molecule has 1 N–H and O–H groups in total. The summed E-state index contributed by atoms with van der Waals surface area (Å²) >= 11 is 0. The monoisotopic (exact) mass is 345 g/mol. The van der Waals surface area contributed by atoms with Gasteiger partial charge < -0.3 is 9.73 Å². The summed E-state index contributed by atoms with van der Waals surface area (Å²) in [7, 11) is 0. The highest BCUT2D eigenvalue weighted by Gasteiger charge is 2.20. The number of carbonyl (C=O) groups excluding carboxylic acids is 1. The molecule has 0 aliphatic heterocycles. The van der Waals surface area contributed by atoms with Gasteiger partial charge in [-0.25, -0.2) is 4.68 Å². The van der Waals surface area contributed by atoms with Gasteiger partial charge in [-0.3, -0.25) is 4.79 Å². The van der Waals surface area contributed by atoms with E-state index in [-0.39, 0.29) is 5.91 Å². The first-order valence-electron chi connectivity index (χ1n) is 8.45. The molecule has 0 unspecified atom stereocenters. The molecule has 0 atom stereocenters. The Bertz CT molecular complexity index is 1110. The highest BCUT2D eigenvalue weighted by atomic mass is 16.3. The Balaban J connectivity index is 1.74. The van der Waals surface area contributed by atoms with Gasteiger partial charge in [-0.1, -0.05) is 18.2 Å². The van der Waals surface area contributed by atoms with Gasteiger partial charge >= 0.3 is 0 Å². The summed E-state index contributed by atoms with van der Waals surface area (Å²) in [5.74, 6) is 0.0688. The predicted molar refractivity (Wildman–Crippen MR) is 102 cm³/mol. The number of furan rings is 1. The van der Waals surface area contributed by atoms with Crippen molar-refractivity contribution in [3.63, 3.8) is 0 Å². The molecule has 0 aliphatic rings. The van der Waals surface area contributed by atoms with Crippen molar-refractivity contribution in [1.82, 2.24) is 9.78 Å². The summed E-state index contributed by atoms with van der Waals surface area (Å²) in [6.07, 6.45) is 3.54. The van der Waals surface area contributed by atoms with E-state index in [4.69, 9.17) is 4.42 Å². The molecule has 5 nitrogen and oxygen atoms in total. The van der Waals surface area contributed by atoms with Crippen LogP contribution in [-0.4, -0.2) is 15.7 Å². The lowest BCUT2D eigenvalue weighted by atomic mass is 10.1. The molecule has 2 heterocycles. The Labute approximate surface area is 151 Å². The number of amides is 1. The van der Waals surface area contributed by atoms with Crippen molar-refractivity contribution >= 4 is 22.6 Å². The molecular weight excluding hydrogens is 326 g/mol. The Morgan fingerprint density at radius 2 is 1.92 bits per heavy atom. The van der Waals surface area contributed by atoms with Crippen molar-refractivity contribution in [3.8, 4) is 5.69 Å². The minimum atomic E-state index is -0.268. The lowest BCUT2D eigenvalue weighted by Crippen LogP contribution is -2.14. The maximum atomic E-state index is 12.9. The number of benzene rings is 2. The highest BCUT2D eigenvalue weighted by molar-refractivity contribution is 6.07. The molecule has 0 radical (unpaired) electrons. The minimum absolute atomic E-state index is 0.268. The standard InChI is InChI=1S/C21H19N3O2/c1-13-11-14(2)19-16(12-13)15(3)20(26-19)21(25)23-17-7-4-5-8-18(17)24-10-6-9-22-24/h4-12H,1-3H3,(H,23,25). The lowest BCUT2D eigenvalue weighted by Gasteiger charge is -2.10. The second-order valence-electron chi connectivity index (χ2n) is 6.44. The maximum Gasteiger partial charge on any atom is 0.291 e. The summed E-state index contributed by atoms with van der Waals surface area (Å²) < 4.78 is 7.63. The van der Waals surface area contributed by atoms with Gasteiger partial charge in [-0.2, -0.15) is 5.10 Å². The van der Waals surface area contributed by atoms with Crippen molar-refractivity contribution in [2.45, 2.75) is 20.8 Å². The van der Waals surface area contributed by atoms with Crippen LogP contribution in [0.2, 0.25) is 0 Å². The molecule has 0 saturated heterocycles. The van der Waals surface area contributed by atoms with Crippen LogP contribution in [0.4, 0.5) is 5.69 Å². The van der Waals surface area contributed by atoms with E-state index in [1.807, 2.05) is 57.3 Å². The van der Waals surface area contributed by atoms with Crippen LogP contribution < -0.4 is 5.32 Å². The van der Waals surface area contributed by atoms with Gasteiger partial charge in [0.15, 0.2) is 5.76 Å². The number of aryl methyl sites for hydroxylation is 3. The molecule has 0 saturated carbocycles. The Kier molecular flexibility index (Phi) is 3.84. The zero-order chi connectivity index (χ0) is 18.3. The van der Waals surface area contributed by atoms with Gasteiger partial charge in [0.25, 0.3) is 5.91 Å². The molecule has 0 bridgehead atoms. The molecule has 26 heavy (non-hydrogen) atoms. The maximum absolute atomic E-state index is 12.9. The molecule has 2 aromatic carbocycles. The Hall–Kier alpha value is -3.34. The second-order valence-corrected chi connectivity index (χ2v) is 6.44. The van der Waals surface area contributed by atoms with Crippen LogP contribution in [0.15, 0.2) is 59.3 Å². The Morgan fingerprint density at radius 3 is 2.69 bits per heavy atom. The van der Waals surface area contributed by atoms with Crippen LogP contribution in [0.1, 0.15) is 27.2 Å². The lowest BCUT2D eigenvalue weighted by molar-refractivity contribution is 0.0998. The minimum Gasteiger partial charge on any atom is -0.450 e. The number of nitrogens with one attached hydrogen (secondary N) is 1. The molecule has 4 aromatic rings. The van der Waals surface area contributed by atoms with E-state index in [9.17, 15) is 4.79 Å². The van der Waals surface area contributed by atoms with Crippen LogP contribution in [0.25, 0.3) is 16.7 Å². The normalized spacial score (nSPS) is 11.0. The molecule has 0 fully saturated rings. The number of fused-ring (bicyclic) bond motifs is 1. The van der Waals surface area contributed by atoms with E-state index in [0.717, 1.165) is 33.3 Å². The molecule has 1 amide bonds. The number of anilines is 1. The highest BCUT2D eigenvalue weighted by Crippen LogP contribution is 2.30. The smallest absolute Gasteiger partial charge is 0.291 e. The van der Waals surface area contributed by atoms with E-state index in [0.29, 0.717) is 11.4 Å². The van der Waals surface area contributed by atoms with E-state index in [2.05, 4.69) is 22.5 Å². The topological polar surface area (TPSA) is 60.1 Å². The van der Waals surface area contributed by atoms with Gasteiger partial charge in [0.05, 0.1) is 11.4 Å². The number of aromatic nitrogens is 2. The first kappa shape index (κ1) is 16.1. The van der Waals surface area contributed by atoms with Crippen molar-refractivity contribution in [2.24, 2.45) is 0 Å². The molecular formula is C21H19N3O2.